The molecule has 3 aromatic rings. The van der Waals surface area contributed by atoms with E-state index in [0.717, 1.165) is 16.7 Å². The maximum Gasteiger partial charge on any atom is 0.410 e. The fourth-order valence-electron chi connectivity index (χ4n) is 4.14. The van der Waals surface area contributed by atoms with Gasteiger partial charge in [0.15, 0.2) is 0 Å². The number of aliphatic hydroxyl groups excluding tert-OH is 1. The Kier molecular flexibility index (Phi) is 7.41. The van der Waals surface area contributed by atoms with Gasteiger partial charge in [-0.15, -0.1) is 0 Å². The lowest BCUT2D eigenvalue weighted by atomic mass is 9.95. The fraction of sp³-hybridized carbons (Fsp3) is 0.357. The van der Waals surface area contributed by atoms with Crippen molar-refractivity contribution in [3.8, 4) is 17.3 Å². The number of esters is 1. The molecule has 10 nitrogen and oxygen atoms in total. The summed E-state index contributed by atoms with van der Waals surface area (Å²) in [7, 11) is 0. The van der Waals surface area contributed by atoms with Crippen LogP contribution in [-0.4, -0.2) is 49.2 Å². The Balaban J connectivity index is 1.56. The highest BCUT2D eigenvalue weighted by Crippen LogP contribution is 2.30. The third kappa shape index (κ3) is 5.79. The highest BCUT2D eigenvalue weighted by molar-refractivity contribution is 5.94. The van der Waals surface area contributed by atoms with Crippen molar-refractivity contribution >= 4 is 12.1 Å². The van der Waals surface area contributed by atoms with E-state index in [-0.39, 0.29) is 25.7 Å². The van der Waals surface area contributed by atoms with Crippen LogP contribution in [-0.2, 0) is 22.6 Å². The summed E-state index contributed by atoms with van der Waals surface area (Å²) >= 11 is 0. The number of pyridine rings is 1. The molecule has 0 spiro atoms. The van der Waals surface area contributed by atoms with Crippen molar-refractivity contribution in [2.24, 2.45) is 0 Å². The average molecular weight is 516 g/mol. The van der Waals surface area contributed by atoms with Crippen LogP contribution in [0.25, 0.3) is 11.3 Å². The first kappa shape index (κ1) is 26.7. The molecule has 38 heavy (non-hydrogen) atoms. The number of hydrogen-bond donors (Lipinski definition) is 1. The van der Waals surface area contributed by atoms with Crippen molar-refractivity contribution in [2.75, 3.05) is 6.54 Å². The molecular formula is C28H29N5O5. The predicted molar refractivity (Wildman–Crippen MR) is 137 cm³/mol. The first-order chi connectivity index (χ1) is 18.0. The molecule has 1 aliphatic rings. The van der Waals surface area contributed by atoms with Crippen LogP contribution < -0.4 is 0 Å². The summed E-state index contributed by atoms with van der Waals surface area (Å²) in [5, 5.41) is 20.2. The number of carbonyl (C=O) groups excluding carboxylic acids is 2. The molecule has 0 unspecified atom stereocenters. The normalized spacial score (nSPS) is 13.3. The van der Waals surface area contributed by atoms with E-state index in [1.54, 1.807) is 51.4 Å². The number of aliphatic hydroxyl groups is 1. The average Bonchev–Trinajstić information content (AvgIpc) is 3.24. The number of aromatic nitrogens is 3. The number of rotatable bonds is 6. The van der Waals surface area contributed by atoms with Crippen molar-refractivity contribution in [2.45, 2.75) is 59.5 Å². The number of hydrogen-bond acceptors (Lipinski definition) is 9. The first-order valence-electron chi connectivity index (χ1n) is 12.1. The Morgan fingerprint density at radius 1 is 1.21 bits per heavy atom. The quantitative estimate of drug-likeness (QED) is 0.479. The van der Waals surface area contributed by atoms with Gasteiger partial charge in [-0.2, -0.15) is 5.26 Å². The second kappa shape index (κ2) is 10.6. The largest absolute Gasteiger partial charge is 0.457 e. The monoisotopic (exact) mass is 515 g/mol. The van der Waals surface area contributed by atoms with Gasteiger partial charge in [-0.1, -0.05) is 6.07 Å². The summed E-state index contributed by atoms with van der Waals surface area (Å²) < 4.78 is 10.7. The summed E-state index contributed by atoms with van der Waals surface area (Å²) in [4.78, 5) is 39.4. The number of fused-ring (bicyclic) bond motifs is 1. The molecule has 2 aromatic heterocycles. The van der Waals surface area contributed by atoms with E-state index in [4.69, 9.17) is 14.7 Å². The fourth-order valence-corrected chi connectivity index (χ4v) is 4.14. The third-order valence-corrected chi connectivity index (χ3v) is 6.18. The van der Waals surface area contributed by atoms with E-state index < -0.39 is 17.8 Å². The number of amides is 1. The molecule has 1 atom stereocenters. The minimum atomic E-state index is -1.05. The van der Waals surface area contributed by atoms with E-state index in [0.29, 0.717) is 33.8 Å². The molecule has 1 aromatic carbocycles. The van der Waals surface area contributed by atoms with Gasteiger partial charge in [0.05, 0.1) is 36.0 Å². The predicted octanol–water partition coefficient (Wildman–Crippen LogP) is 4.17. The molecule has 0 bridgehead atoms. The number of nitriles is 1. The highest BCUT2D eigenvalue weighted by atomic mass is 16.6. The molecule has 3 heterocycles. The van der Waals surface area contributed by atoms with Crippen LogP contribution in [0.2, 0.25) is 0 Å². The summed E-state index contributed by atoms with van der Waals surface area (Å²) in [6.07, 6.45) is 3.04. The van der Waals surface area contributed by atoms with Crippen LogP contribution in [0.1, 0.15) is 70.9 Å². The zero-order valence-corrected chi connectivity index (χ0v) is 22.0. The van der Waals surface area contributed by atoms with Crippen LogP contribution in [0, 0.1) is 25.2 Å². The molecule has 1 aliphatic heterocycles. The van der Waals surface area contributed by atoms with Crippen molar-refractivity contribution in [3.63, 3.8) is 0 Å². The highest BCUT2D eigenvalue weighted by Gasteiger charge is 2.29. The molecule has 1 N–H and O–H groups in total. The number of aryl methyl sites for hydroxylation is 1. The van der Waals surface area contributed by atoms with Gasteiger partial charge in [-0.05, 0) is 63.4 Å². The smallest absolute Gasteiger partial charge is 0.410 e. The second-order valence-electron chi connectivity index (χ2n) is 10.1. The lowest BCUT2D eigenvalue weighted by molar-refractivity contribution is 0.0117. The van der Waals surface area contributed by atoms with Gasteiger partial charge in [0, 0.05) is 29.7 Å². The van der Waals surface area contributed by atoms with Gasteiger partial charge in [-0.3, -0.25) is 9.88 Å². The Hall–Kier alpha value is -4.36. The van der Waals surface area contributed by atoms with Crippen molar-refractivity contribution in [1.29, 1.82) is 5.26 Å². The number of benzene rings is 1. The molecule has 0 saturated heterocycles. The van der Waals surface area contributed by atoms with Crippen LogP contribution in [0.15, 0.2) is 36.8 Å². The minimum absolute atomic E-state index is 0.00232. The molecule has 4 rings (SSSR count). The molecule has 1 amide bonds. The van der Waals surface area contributed by atoms with Gasteiger partial charge in [-0.25, -0.2) is 19.6 Å². The van der Waals surface area contributed by atoms with E-state index in [1.807, 2.05) is 13.8 Å². The molecule has 0 fully saturated rings. The van der Waals surface area contributed by atoms with Gasteiger partial charge in [0.2, 0.25) is 0 Å². The Labute approximate surface area is 220 Å². The molecule has 0 saturated carbocycles. The lowest BCUT2D eigenvalue weighted by Crippen LogP contribution is -2.39. The van der Waals surface area contributed by atoms with Gasteiger partial charge < -0.3 is 14.6 Å². The third-order valence-electron chi connectivity index (χ3n) is 6.18. The lowest BCUT2D eigenvalue weighted by Gasteiger charge is -2.29. The Bertz CT molecular complexity index is 1420. The minimum Gasteiger partial charge on any atom is -0.457 e. The molecule has 0 radical (unpaired) electrons. The van der Waals surface area contributed by atoms with Crippen molar-refractivity contribution < 1.29 is 24.2 Å². The molecular weight excluding hydrogens is 486 g/mol. The molecule has 196 valence electrons. The van der Waals surface area contributed by atoms with E-state index in [1.165, 1.54) is 11.1 Å². The second-order valence-corrected chi connectivity index (χ2v) is 10.1. The summed E-state index contributed by atoms with van der Waals surface area (Å²) in [5.74, 6) is -0.0340. The first-order valence-corrected chi connectivity index (χ1v) is 12.1. The van der Waals surface area contributed by atoms with E-state index in [9.17, 15) is 14.7 Å². The summed E-state index contributed by atoms with van der Waals surface area (Å²) in [5.41, 5.74) is 4.40. The van der Waals surface area contributed by atoms with E-state index in [2.05, 4.69) is 21.0 Å². The standard InChI is InChI=1S/C28H29N5O5/c1-16-8-23(30-10-18(16)9-29)19-11-31-25(32-12-19)14-33(27(36)38-28(3,4)5)13-24(34)20-6-7-21-22(17(20)2)15-37-26(21)35/h6-8,10-12,24,34H,13-15H2,1-5H3/t24-/m0/s1. The number of carbonyl (C=O) groups is 2. The van der Waals surface area contributed by atoms with Crippen LogP contribution in [0.3, 0.4) is 0 Å². The number of ether oxygens (including phenoxy) is 2. The van der Waals surface area contributed by atoms with Crippen molar-refractivity contribution in [1.82, 2.24) is 19.9 Å². The topological polar surface area (TPSA) is 139 Å². The molecule has 10 heteroatoms. The van der Waals surface area contributed by atoms with Crippen LogP contribution >= 0.6 is 0 Å². The van der Waals surface area contributed by atoms with Crippen LogP contribution in [0.5, 0.6) is 0 Å². The number of nitrogens with zero attached hydrogens (tertiary/aromatic N) is 5. The van der Waals surface area contributed by atoms with Gasteiger partial charge in [0.1, 0.15) is 24.1 Å². The van der Waals surface area contributed by atoms with Gasteiger partial charge >= 0.3 is 12.1 Å². The number of cyclic esters (lactones) is 1. The summed E-state index contributed by atoms with van der Waals surface area (Å²) in [6, 6.07) is 7.19. The molecule has 0 aliphatic carbocycles. The maximum absolute atomic E-state index is 13.1. The van der Waals surface area contributed by atoms with Gasteiger partial charge in [0.25, 0.3) is 0 Å². The zero-order valence-electron chi connectivity index (χ0n) is 22.0. The summed E-state index contributed by atoms with van der Waals surface area (Å²) in [6.45, 7) is 9.01. The van der Waals surface area contributed by atoms with Crippen molar-refractivity contribution in [3.05, 3.63) is 76.0 Å². The van der Waals surface area contributed by atoms with Crippen LogP contribution in [0.4, 0.5) is 4.79 Å². The Morgan fingerprint density at radius 2 is 1.92 bits per heavy atom. The SMILES string of the molecule is Cc1cc(-c2cnc(CN(C[C@H](O)c3ccc4c(c3C)COC4=O)C(=O)OC(C)(C)C)nc2)ncc1C#N. The maximum atomic E-state index is 13.1. The van der Waals surface area contributed by atoms with E-state index >= 15 is 0 Å². The Morgan fingerprint density at radius 3 is 2.55 bits per heavy atom. The zero-order chi connectivity index (χ0) is 27.6.